The topological polar surface area (TPSA) is 29.1 Å². The molecule has 0 saturated heterocycles. The minimum atomic E-state index is -0.726. The van der Waals surface area contributed by atoms with Crippen molar-refractivity contribution in [2.45, 2.75) is 17.4 Å². The van der Waals surface area contributed by atoms with Crippen molar-refractivity contribution in [1.82, 2.24) is 5.32 Å². The zero-order valence-corrected chi connectivity index (χ0v) is 12.1. The van der Waals surface area contributed by atoms with Gasteiger partial charge in [0.1, 0.15) is 0 Å². The fraction of sp³-hybridized carbons (Fsp3) is 0.500. The highest BCUT2D eigenvalue weighted by Crippen LogP contribution is 2.37. The Morgan fingerprint density at radius 2 is 2.41 bits per heavy atom. The summed E-state index contributed by atoms with van der Waals surface area (Å²) in [6.07, 6.45) is 2.84. The Labute approximate surface area is 114 Å². The average molecular weight is 290 g/mol. The highest BCUT2D eigenvalue weighted by atomic mass is 35.5. The van der Waals surface area contributed by atoms with Crippen molar-refractivity contribution in [3.8, 4) is 0 Å². The maximum Gasteiger partial charge on any atom is 0.0410 e. The van der Waals surface area contributed by atoms with Crippen LogP contribution in [-0.4, -0.2) is 28.5 Å². The number of nitrogens with one attached hydrogen (secondary N) is 1. The summed E-state index contributed by atoms with van der Waals surface area (Å²) in [5, 5.41) is 4.26. The molecule has 2 atom stereocenters. The van der Waals surface area contributed by atoms with Crippen LogP contribution in [0.2, 0.25) is 5.02 Å². The highest BCUT2D eigenvalue weighted by molar-refractivity contribution is 7.99. The van der Waals surface area contributed by atoms with Gasteiger partial charge in [-0.15, -0.1) is 11.8 Å². The second-order valence-corrected chi connectivity index (χ2v) is 7.23. The molecule has 2 unspecified atom stereocenters. The van der Waals surface area contributed by atoms with E-state index in [1.54, 1.807) is 6.26 Å². The minimum absolute atomic E-state index is 0.355. The Morgan fingerprint density at radius 3 is 3.18 bits per heavy atom. The van der Waals surface area contributed by atoms with Crippen LogP contribution < -0.4 is 5.32 Å². The Morgan fingerprint density at radius 1 is 1.59 bits per heavy atom. The minimum Gasteiger partial charge on any atom is -0.309 e. The molecule has 1 aliphatic heterocycles. The third kappa shape index (κ3) is 3.71. The summed E-state index contributed by atoms with van der Waals surface area (Å²) in [5.74, 6) is 1.83. The van der Waals surface area contributed by atoms with Gasteiger partial charge in [-0.25, -0.2) is 0 Å². The van der Waals surface area contributed by atoms with Gasteiger partial charge in [0, 0.05) is 45.3 Å². The standard InChI is InChI=1S/C12H16ClNOS2/c1-17(15)7-5-14-11-4-6-16-12-3-2-9(13)8-10(11)12/h2-3,8,11,14H,4-7H2,1H3. The van der Waals surface area contributed by atoms with Crippen LogP contribution in [0.5, 0.6) is 0 Å². The lowest BCUT2D eigenvalue weighted by Gasteiger charge is -2.26. The Kier molecular flexibility index (Phi) is 4.91. The zero-order chi connectivity index (χ0) is 12.3. The second kappa shape index (κ2) is 6.23. The van der Waals surface area contributed by atoms with Crippen molar-refractivity contribution in [3.05, 3.63) is 28.8 Å². The zero-order valence-electron chi connectivity index (χ0n) is 9.74. The molecule has 0 saturated carbocycles. The fourth-order valence-corrected chi connectivity index (χ4v) is 3.65. The quantitative estimate of drug-likeness (QED) is 0.924. The summed E-state index contributed by atoms with van der Waals surface area (Å²) in [6.45, 7) is 0.796. The SMILES string of the molecule is CS(=O)CCNC1CCSc2ccc(Cl)cc21. The number of hydrogen-bond donors (Lipinski definition) is 1. The van der Waals surface area contributed by atoms with E-state index >= 15 is 0 Å². The molecule has 1 heterocycles. The van der Waals surface area contributed by atoms with E-state index in [4.69, 9.17) is 11.6 Å². The fourth-order valence-electron chi connectivity index (χ4n) is 1.95. The van der Waals surface area contributed by atoms with Gasteiger partial charge in [0.15, 0.2) is 0 Å². The van der Waals surface area contributed by atoms with Crippen molar-refractivity contribution >= 4 is 34.2 Å². The molecule has 0 fully saturated rings. The van der Waals surface area contributed by atoms with E-state index in [0.29, 0.717) is 11.8 Å². The van der Waals surface area contributed by atoms with Gasteiger partial charge in [-0.1, -0.05) is 11.6 Å². The smallest absolute Gasteiger partial charge is 0.0410 e. The molecule has 1 aromatic carbocycles. The van der Waals surface area contributed by atoms with Gasteiger partial charge in [0.05, 0.1) is 0 Å². The molecule has 1 aromatic rings. The number of rotatable bonds is 4. The second-order valence-electron chi connectivity index (χ2n) is 4.10. The first-order chi connectivity index (χ1) is 8.16. The maximum atomic E-state index is 11.0. The van der Waals surface area contributed by atoms with Gasteiger partial charge in [-0.3, -0.25) is 4.21 Å². The Bertz CT molecular complexity index is 425. The van der Waals surface area contributed by atoms with Crippen LogP contribution >= 0.6 is 23.4 Å². The van der Waals surface area contributed by atoms with Gasteiger partial charge in [0.25, 0.3) is 0 Å². The number of thioether (sulfide) groups is 1. The molecule has 0 aromatic heterocycles. The van der Waals surface area contributed by atoms with Crippen LogP contribution in [0.4, 0.5) is 0 Å². The lowest BCUT2D eigenvalue weighted by molar-refractivity contribution is 0.528. The molecule has 1 aliphatic rings. The molecule has 0 spiro atoms. The molecule has 0 bridgehead atoms. The van der Waals surface area contributed by atoms with Crippen LogP contribution in [0.25, 0.3) is 0 Å². The molecule has 1 N–H and O–H groups in total. The Balaban J connectivity index is 2.05. The summed E-state index contributed by atoms with van der Waals surface area (Å²) >= 11 is 7.92. The first-order valence-corrected chi connectivity index (χ1v) is 8.71. The highest BCUT2D eigenvalue weighted by Gasteiger charge is 2.20. The molecule has 2 nitrogen and oxygen atoms in total. The van der Waals surface area contributed by atoms with E-state index in [-0.39, 0.29) is 0 Å². The van der Waals surface area contributed by atoms with Crippen molar-refractivity contribution in [3.63, 3.8) is 0 Å². The van der Waals surface area contributed by atoms with E-state index in [1.165, 1.54) is 10.5 Å². The normalized spacial score (nSPS) is 20.9. The summed E-state index contributed by atoms with van der Waals surface area (Å²) in [5.41, 5.74) is 1.29. The van der Waals surface area contributed by atoms with Crippen LogP contribution in [0.15, 0.2) is 23.1 Å². The number of halogens is 1. The Hall–Kier alpha value is -0.0300. The number of benzene rings is 1. The first-order valence-electron chi connectivity index (χ1n) is 5.62. The largest absolute Gasteiger partial charge is 0.309 e. The maximum absolute atomic E-state index is 11.0. The first kappa shape index (κ1) is 13.4. The van der Waals surface area contributed by atoms with Gasteiger partial charge in [0.2, 0.25) is 0 Å². The van der Waals surface area contributed by atoms with Gasteiger partial charge in [-0.05, 0) is 35.9 Å². The van der Waals surface area contributed by atoms with E-state index in [2.05, 4.69) is 11.4 Å². The van der Waals surface area contributed by atoms with E-state index in [9.17, 15) is 4.21 Å². The van der Waals surface area contributed by atoms with Crippen LogP contribution in [0.3, 0.4) is 0 Å². The predicted molar refractivity (Wildman–Crippen MR) is 76.5 cm³/mol. The third-order valence-corrected chi connectivity index (χ3v) is 4.93. The predicted octanol–water partition coefficient (Wildman–Crippen LogP) is 2.85. The molecule has 0 amide bonds. The van der Waals surface area contributed by atoms with Gasteiger partial charge in [-0.2, -0.15) is 0 Å². The molecule has 2 rings (SSSR count). The number of fused-ring (bicyclic) bond motifs is 1. The summed E-state index contributed by atoms with van der Waals surface area (Å²) in [6, 6.07) is 6.43. The number of hydrogen-bond acceptors (Lipinski definition) is 3. The monoisotopic (exact) mass is 289 g/mol. The third-order valence-electron chi connectivity index (χ3n) is 2.79. The molecular formula is C12H16ClNOS2. The molecule has 5 heteroatoms. The molecule has 94 valence electrons. The van der Waals surface area contributed by atoms with Crippen LogP contribution in [-0.2, 0) is 10.8 Å². The molecule has 0 radical (unpaired) electrons. The van der Waals surface area contributed by atoms with E-state index in [1.807, 2.05) is 23.9 Å². The van der Waals surface area contributed by atoms with Crippen molar-refractivity contribution < 1.29 is 4.21 Å². The van der Waals surface area contributed by atoms with Gasteiger partial charge < -0.3 is 5.32 Å². The molecule has 17 heavy (non-hydrogen) atoms. The molecular weight excluding hydrogens is 274 g/mol. The van der Waals surface area contributed by atoms with Gasteiger partial charge >= 0.3 is 0 Å². The van der Waals surface area contributed by atoms with Crippen LogP contribution in [0.1, 0.15) is 18.0 Å². The van der Waals surface area contributed by atoms with E-state index in [0.717, 1.165) is 23.7 Å². The lowest BCUT2D eigenvalue weighted by Crippen LogP contribution is -2.28. The van der Waals surface area contributed by atoms with E-state index < -0.39 is 10.8 Å². The average Bonchev–Trinajstić information content (AvgIpc) is 2.29. The van der Waals surface area contributed by atoms with Crippen molar-refractivity contribution in [2.75, 3.05) is 24.3 Å². The summed E-state index contributed by atoms with van der Waals surface area (Å²) in [4.78, 5) is 1.32. The van der Waals surface area contributed by atoms with Crippen LogP contribution in [0, 0.1) is 0 Å². The lowest BCUT2D eigenvalue weighted by atomic mass is 10.0. The van der Waals surface area contributed by atoms with Crippen molar-refractivity contribution in [2.24, 2.45) is 0 Å². The summed E-state index contributed by atoms with van der Waals surface area (Å²) in [7, 11) is -0.726. The summed E-state index contributed by atoms with van der Waals surface area (Å²) < 4.78 is 11.0. The molecule has 0 aliphatic carbocycles. The van der Waals surface area contributed by atoms with Crippen molar-refractivity contribution in [1.29, 1.82) is 0 Å².